The van der Waals surface area contributed by atoms with Crippen LogP contribution in [0.1, 0.15) is 24.0 Å². The summed E-state index contributed by atoms with van der Waals surface area (Å²) in [5, 5.41) is 0. The van der Waals surface area contributed by atoms with Crippen molar-refractivity contribution in [2.24, 2.45) is 0 Å². The SMILES string of the molecule is C[N+]1(C)CCC2(CC1)OC(=O)C(c1ccc(F)cc1)(c1ccc(F)cc1)O2.[I-]. The van der Waals surface area contributed by atoms with Crippen LogP contribution in [-0.2, 0) is 19.9 Å². The molecule has 0 amide bonds. The average Bonchev–Trinajstić information content (AvgIpc) is 2.93. The molecule has 7 heteroatoms. The molecule has 0 N–H and O–H groups in total. The van der Waals surface area contributed by atoms with Gasteiger partial charge in [0.25, 0.3) is 0 Å². The number of nitrogens with zero attached hydrogens (tertiary/aromatic N) is 1. The number of rotatable bonds is 2. The number of hydrogen-bond donors (Lipinski definition) is 0. The van der Waals surface area contributed by atoms with Crippen molar-refractivity contribution in [2.45, 2.75) is 24.2 Å². The molecule has 0 saturated carbocycles. The van der Waals surface area contributed by atoms with Crippen LogP contribution in [0.5, 0.6) is 0 Å². The molecule has 2 fully saturated rings. The van der Waals surface area contributed by atoms with Crippen LogP contribution < -0.4 is 24.0 Å². The topological polar surface area (TPSA) is 35.5 Å². The molecule has 2 aromatic rings. The Kier molecular flexibility index (Phi) is 5.55. The lowest BCUT2D eigenvalue weighted by Crippen LogP contribution is -3.00. The maximum absolute atomic E-state index is 13.5. The van der Waals surface area contributed by atoms with Gasteiger partial charge in [0.05, 0.1) is 40.0 Å². The van der Waals surface area contributed by atoms with Crippen LogP contribution in [-0.4, -0.2) is 43.4 Å². The van der Waals surface area contributed by atoms with Gasteiger partial charge in [-0.3, -0.25) is 0 Å². The quantitative estimate of drug-likeness (QED) is 0.339. The molecule has 2 aliphatic rings. The molecule has 0 radical (unpaired) electrons. The van der Waals surface area contributed by atoms with Gasteiger partial charge in [-0.2, -0.15) is 0 Å². The van der Waals surface area contributed by atoms with Crippen molar-refractivity contribution in [3.8, 4) is 0 Å². The van der Waals surface area contributed by atoms with Crippen LogP contribution >= 0.6 is 0 Å². The maximum atomic E-state index is 13.5. The number of benzene rings is 2. The molecule has 4 rings (SSSR count). The summed E-state index contributed by atoms with van der Waals surface area (Å²) in [4.78, 5) is 13.2. The zero-order valence-electron chi connectivity index (χ0n) is 15.8. The molecule has 150 valence electrons. The van der Waals surface area contributed by atoms with Crippen molar-refractivity contribution in [3.63, 3.8) is 0 Å². The van der Waals surface area contributed by atoms with Gasteiger partial charge in [-0.05, 0) is 35.4 Å². The van der Waals surface area contributed by atoms with Gasteiger partial charge < -0.3 is 37.9 Å². The third-order valence-electron chi connectivity index (χ3n) is 5.60. The number of esters is 1. The molecule has 0 aromatic heterocycles. The molecule has 0 aliphatic carbocycles. The molecule has 1 spiro atoms. The Morgan fingerprint density at radius 1 is 0.857 bits per heavy atom. The van der Waals surface area contributed by atoms with E-state index in [1.54, 1.807) is 0 Å². The van der Waals surface area contributed by atoms with Gasteiger partial charge in [-0.25, -0.2) is 13.6 Å². The molecule has 0 atom stereocenters. The van der Waals surface area contributed by atoms with Gasteiger partial charge in [-0.1, -0.05) is 24.3 Å². The van der Waals surface area contributed by atoms with Crippen molar-refractivity contribution in [2.75, 3.05) is 27.2 Å². The van der Waals surface area contributed by atoms with E-state index in [2.05, 4.69) is 14.1 Å². The summed E-state index contributed by atoms with van der Waals surface area (Å²) in [6, 6.07) is 11.2. The number of halogens is 3. The van der Waals surface area contributed by atoms with Crippen LogP contribution in [0.3, 0.4) is 0 Å². The lowest BCUT2D eigenvalue weighted by atomic mass is 9.86. The molecule has 0 bridgehead atoms. The fourth-order valence-electron chi connectivity index (χ4n) is 3.86. The Balaban J connectivity index is 0.00000225. The predicted molar refractivity (Wildman–Crippen MR) is 94.6 cm³/mol. The molecule has 2 heterocycles. The summed E-state index contributed by atoms with van der Waals surface area (Å²) in [7, 11) is 4.24. The summed E-state index contributed by atoms with van der Waals surface area (Å²) in [6.45, 7) is 1.60. The third-order valence-corrected chi connectivity index (χ3v) is 5.60. The zero-order chi connectivity index (χ0) is 19.3. The summed E-state index contributed by atoms with van der Waals surface area (Å²) in [5.74, 6) is -2.39. The Morgan fingerprint density at radius 2 is 1.29 bits per heavy atom. The van der Waals surface area contributed by atoms with E-state index in [1.165, 1.54) is 48.5 Å². The highest BCUT2D eigenvalue weighted by molar-refractivity contribution is 5.87. The molecule has 28 heavy (non-hydrogen) atoms. The molecule has 0 unspecified atom stereocenters. The second-order valence-corrected chi connectivity index (χ2v) is 7.98. The van der Waals surface area contributed by atoms with E-state index in [1.807, 2.05) is 0 Å². The predicted octanol–water partition coefficient (Wildman–Crippen LogP) is 0.352. The third kappa shape index (κ3) is 3.55. The largest absolute Gasteiger partial charge is 1.00 e. The second kappa shape index (κ2) is 7.35. The van der Waals surface area contributed by atoms with Crippen molar-refractivity contribution >= 4 is 5.97 Å². The molecular weight excluding hydrogens is 479 g/mol. The number of hydrogen-bond acceptors (Lipinski definition) is 3. The van der Waals surface area contributed by atoms with Crippen molar-refractivity contribution in [1.82, 2.24) is 0 Å². The first-order valence-electron chi connectivity index (χ1n) is 9.03. The minimum absolute atomic E-state index is 0. The van der Waals surface area contributed by atoms with Crippen LogP contribution in [0, 0.1) is 11.6 Å². The van der Waals surface area contributed by atoms with Crippen molar-refractivity contribution in [3.05, 3.63) is 71.3 Å². The van der Waals surface area contributed by atoms with Gasteiger partial charge in [0.15, 0.2) is 0 Å². The smallest absolute Gasteiger partial charge is 0.350 e. The summed E-state index contributed by atoms with van der Waals surface area (Å²) in [6.07, 6.45) is 1.13. The van der Waals surface area contributed by atoms with E-state index < -0.39 is 29.0 Å². The highest BCUT2D eigenvalue weighted by atomic mass is 127. The van der Waals surface area contributed by atoms with Crippen molar-refractivity contribution < 1.29 is 51.5 Å². The average molecular weight is 501 g/mol. The van der Waals surface area contributed by atoms with Crippen LogP contribution in [0.25, 0.3) is 0 Å². The van der Waals surface area contributed by atoms with E-state index in [4.69, 9.17) is 9.47 Å². The van der Waals surface area contributed by atoms with E-state index >= 15 is 0 Å². The lowest BCUT2D eigenvalue weighted by molar-refractivity contribution is -0.898. The highest BCUT2D eigenvalue weighted by Crippen LogP contribution is 2.49. The Hall–Kier alpha value is -1.58. The number of ether oxygens (including phenoxy) is 2. The number of quaternary nitrogens is 1. The fourth-order valence-corrected chi connectivity index (χ4v) is 3.86. The lowest BCUT2D eigenvalue weighted by Gasteiger charge is -2.41. The number of piperidine rings is 1. The molecular formula is C21H22F2INO3. The van der Waals surface area contributed by atoms with Crippen LogP contribution in [0.15, 0.2) is 48.5 Å². The monoisotopic (exact) mass is 501 g/mol. The number of carbonyl (C=O) groups is 1. The molecule has 2 saturated heterocycles. The van der Waals surface area contributed by atoms with Gasteiger partial charge >= 0.3 is 5.97 Å². The van der Waals surface area contributed by atoms with Crippen molar-refractivity contribution in [1.29, 1.82) is 0 Å². The summed E-state index contributed by atoms with van der Waals surface area (Å²) >= 11 is 0. The van der Waals surface area contributed by atoms with Gasteiger partial charge in [0.1, 0.15) is 11.6 Å². The molecule has 2 aliphatic heterocycles. The minimum atomic E-state index is -1.53. The molecule has 2 aromatic carbocycles. The maximum Gasteiger partial charge on any atom is 0.350 e. The van der Waals surface area contributed by atoms with E-state index in [-0.39, 0.29) is 24.0 Å². The fraction of sp³-hybridized carbons (Fsp3) is 0.381. The van der Waals surface area contributed by atoms with Gasteiger partial charge in [0, 0.05) is 0 Å². The Morgan fingerprint density at radius 3 is 1.71 bits per heavy atom. The van der Waals surface area contributed by atoms with Gasteiger partial charge in [-0.15, -0.1) is 0 Å². The van der Waals surface area contributed by atoms with E-state index in [0.717, 1.165) is 17.6 Å². The number of likely N-dealkylation sites (tertiary alicyclic amines) is 1. The zero-order valence-corrected chi connectivity index (χ0v) is 17.9. The normalized spacial score (nSPS) is 21.8. The first-order chi connectivity index (χ1) is 12.7. The Bertz CT molecular complexity index is 813. The van der Waals surface area contributed by atoms with Crippen LogP contribution in [0.4, 0.5) is 8.78 Å². The number of carbonyl (C=O) groups excluding carboxylic acids is 1. The molecule has 4 nitrogen and oxygen atoms in total. The van der Waals surface area contributed by atoms with E-state index in [9.17, 15) is 13.6 Å². The highest BCUT2D eigenvalue weighted by Gasteiger charge is 2.61. The first-order valence-corrected chi connectivity index (χ1v) is 9.03. The van der Waals surface area contributed by atoms with Gasteiger partial charge in [0.2, 0.25) is 11.4 Å². The van der Waals surface area contributed by atoms with E-state index in [0.29, 0.717) is 24.0 Å². The second-order valence-electron chi connectivity index (χ2n) is 7.98. The minimum Gasteiger partial charge on any atom is -1.00 e. The standard InChI is InChI=1S/C21H22F2NO3.HI/c1-24(2)13-11-20(12-14-24)26-19(25)21(27-20,15-3-7-17(22)8-4-15)16-5-9-18(23)10-6-16;/h3-10H,11-14H2,1-2H3;1H/q+1;/p-1. The summed E-state index contributed by atoms with van der Waals surface area (Å²) < 4.78 is 40.0. The van der Waals surface area contributed by atoms with Crippen LogP contribution in [0.2, 0.25) is 0 Å². The first kappa shape index (κ1) is 21.1. The Labute approximate surface area is 180 Å². The summed E-state index contributed by atoms with van der Waals surface area (Å²) in [5.41, 5.74) is -0.594.